The van der Waals surface area contributed by atoms with Gasteiger partial charge in [0, 0.05) is 32.6 Å². The van der Waals surface area contributed by atoms with Gasteiger partial charge in [-0.05, 0) is 42.5 Å². The van der Waals surface area contributed by atoms with Crippen LogP contribution in [0.2, 0.25) is 0 Å². The number of likely N-dealkylation sites (tertiary alicyclic amines) is 1. The monoisotopic (exact) mass is 524 g/mol. The molecule has 1 amide bonds. The van der Waals surface area contributed by atoms with Crippen molar-refractivity contribution in [2.24, 2.45) is 4.99 Å². The number of nitrogens with zero attached hydrogens (tertiary/aromatic N) is 2. The zero-order chi connectivity index (χ0) is 20.5. The number of guanidine groups is 1. The Morgan fingerprint density at radius 1 is 1.07 bits per heavy atom. The molecule has 0 unspecified atom stereocenters. The van der Waals surface area contributed by atoms with E-state index >= 15 is 0 Å². The third kappa shape index (κ3) is 6.97. The fourth-order valence-electron chi connectivity index (χ4n) is 3.47. The molecule has 0 saturated carbocycles. The lowest BCUT2D eigenvalue weighted by molar-refractivity contribution is -0.128. The Kier molecular flexibility index (Phi) is 10.1. The molecule has 5 nitrogen and oxygen atoms in total. The smallest absolute Gasteiger partial charge is 0.222 e. The summed E-state index contributed by atoms with van der Waals surface area (Å²) in [5.74, 6) is 0.754. The Morgan fingerprint density at radius 3 is 2.43 bits per heavy atom. The molecule has 0 radical (unpaired) electrons. The molecule has 1 fully saturated rings. The van der Waals surface area contributed by atoms with E-state index in [1.54, 1.807) is 12.1 Å². The number of nitrogens with one attached hydrogen (secondary N) is 2. The van der Waals surface area contributed by atoms with Crippen LogP contribution in [-0.2, 0) is 24.3 Å². The van der Waals surface area contributed by atoms with Gasteiger partial charge in [-0.3, -0.25) is 4.79 Å². The molecule has 2 aromatic rings. The Morgan fingerprint density at radius 2 is 1.77 bits per heavy atom. The molecule has 2 N–H and O–H groups in total. The Bertz CT molecular complexity index is 859. The maximum Gasteiger partial charge on any atom is 0.222 e. The minimum absolute atomic E-state index is 0. The van der Waals surface area contributed by atoms with Gasteiger partial charge in [0.1, 0.15) is 5.82 Å². The van der Waals surface area contributed by atoms with Crippen LogP contribution in [0, 0.1) is 5.82 Å². The maximum atomic E-state index is 13.8. The second-order valence-electron chi connectivity index (χ2n) is 7.15. The quantitative estimate of drug-likeness (QED) is 0.313. The van der Waals surface area contributed by atoms with E-state index in [0.29, 0.717) is 44.0 Å². The van der Waals surface area contributed by atoms with Gasteiger partial charge >= 0.3 is 0 Å². The first-order valence-electron chi connectivity index (χ1n) is 10.3. The molecule has 3 rings (SSSR count). The van der Waals surface area contributed by atoms with Crippen molar-refractivity contribution < 1.29 is 9.18 Å². The summed E-state index contributed by atoms with van der Waals surface area (Å²) in [7, 11) is 0. The molecule has 0 bridgehead atoms. The van der Waals surface area contributed by atoms with Gasteiger partial charge in [0.2, 0.25) is 5.91 Å². The van der Waals surface area contributed by atoms with Crippen molar-refractivity contribution in [2.75, 3.05) is 19.6 Å². The van der Waals surface area contributed by atoms with Crippen LogP contribution in [0.15, 0.2) is 53.5 Å². The number of benzene rings is 2. The van der Waals surface area contributed by atoms with Gasteiger partial charge in [0.05, 0.1) is 6.54 Å². The Labute approximate surface area is 195 Å². The number of amides is 1. The van der Waals surface area contributed by atoms with E-state index in [2.05, 4.69) is 27.8 Å². The van der Waals surface area contributed by atoms with Gasteiger partial charge in [0.25, 0.3) is 0 Å². The summed E-state index contributed by atoms with van der Waals surface area (Å²) in [4.78, 5) is 18.6. The summed E-state index contributed by atoms with van der Waals surface area (Å²) in [6, 6.07) is 15.0. The zero-order valence-electron chi connectivity index (χ0n) is 17.4. The van der Waals surface area contributed by atoms with Crippen molar-refractivity contribution in [1.29, 1.82) is 0 Å². The minimum Gasteiger partial charge on any atom is -0.357 e. The zero-order valence-corrected chi connectivity index (χ0v) is 19.7. The summed E-state index contributed by atoms with van der Waals surface area (Å²) < 4.78 is 13.8. The summed E-state index contributed by atoms with van der Waals surface area (Å²) >= 11 is 0. The Balaban J connectivity index is 0.00000320. The highest BCUT2D eigenvalue weighted by molar-refractivity contribution is 14.0. The molecule has 1 heterocycles. The van der Waals surface area contributed by atoms with Crippen LogP contribution < -0.4 is 10.6 Å². The van der Waals surface area contributed by atoms with Crippen LogP contribution in [-0.4, -0.2) is 36.4 Å². The molecule has 0 aliphatic carbocycles. The van der Waals surface area contributed by atoms with Gasteiger partial charge in [-0.2, -0.15) is 0 Å². The Hall–Kier alpha value is -2.16. The topological polar surface area (TPSA) is 56.7 Å². The highest BCUT2D eigenvalue weighted by Gasteiger charge is 2.20. The molecule has 162 valence electrons. The number of rotatable bonds is 8. The third-order valence-electron chi connectivity index (χ3n) is 5.05. The first kappa shape index (κ1) is 24.1. The SMILES string of the molecule is CCNC(=NCc1ccccc1CN1CCCC1=O)NCCc1ccccc1F.I. The number of carbonyl (C=O) groups excluding carboxylic acids is 1. The standard InChI is InChI=1S/C23H29FN4O.HI/c1-2-25-23(26-14-13-18-8-5-6-11-21(18)24)27-16-19-9-3-4-10-20(19)17-28-15-7-12-22(28)29;/h3-6,8-11H,2,7,12-17H2,1H3,(H2,25,26,27);1H. The second kappa shape index (κ2) is 12.5. The molecule has 0 aromatic heterocycles. The number of carbonyl (C=O) groups is 1. The van der Waals surface area contributed by atoms with E-state index in [1.807, 2.05) is 30.0 Å². The molecule has 0 spiro atoms. The summed E-state index contributed by atoms with van der Waals surface area (Å²) in [5.41, 5.74) is 2.93. The van der Waals surface area contributed by atoms with E-state index in [0.717, 1.165) is 30.6 Å². The molecule has 1 aliphatic heterocycles. The van der Waals surface area contributed by atoms with Crippen LogP contribution in [0.1, 0.15) is 36.5 Å². The number of hydrogen-bond donors (Lipinski definition) is 2. The molecule has 30 heavy (non-hydrogen) atoms. The van der Waals surface area contributed by atoms with Gasteiger partial charge in [-0.1, -0.05) is 42.5 Å². The molecular formula is C23H30FIN4O. The van der Waals surface area contributed by atoms with Crippen molar-refractivity contribution in [3.63, 3.8) is 0 Å². The largest absolute Gasteiger partial charge is 0.357 e. The summed E-state index contributed by atoms with van der Waals surface area (Å²) in [6.45, 7) is 5.35. The van der Waals surface area contributed by atoms with Crippen LogP contribution in [0.4, 0.5) is 4.39 Å². The van der Waals surface area contributed by atoms with Gasteiger partial charge in [-0.15, -0.1) is 24.0 Å². The van der Waals surface area contributed by atoms with Crippen LogP contribution in [0.25, 0.3) is 0 Å². The van der Waals surface area contributed by atoms with Gasteiger partial charge in [0.15, 0.2) is 5.96 Å². The molecule has 2 aromatic carbocycles. The van der Waals surface area contributed by atoms with Crippen molar-refractivity contribution >= 4 is 35.8 Å². The first-order chi connectivity index (χ1) is 14.2. The van der Waals surface area contributed by atoms with E-state index in [9.17, 15) is 9.18 Å². The molecular weight excluding hydrogens is 494 g/mol. The summed E-state index contributed by atoms with van der Waals surface area (Å²) in [5, 5.41) is 6.51. The maximum absolute atomic E-state index is 13.8. The van der Waals surface area contributed by atoms with Crippen molar-refractivity contribution in [2.45, 2.75) is 39.3 Å². The fourth-order valence-corrected chi connectivity index (χ4v) is 3.47. The van der Waals surface area contributed by atoms with Gasteiger partial charge in [-0.25, -0.2) is 9.38 Å². The van der Waals surface area contributed by atoms with Gasteiger partial charge < -0.3 is 15.5 Å². The first-order valence-corrected chi connectivity index (χ1v) is 10.3. The lowest BCUT2D eigenvalue weighted by atomic mass is 10.1. The third-order valence-corrected chi connectivity index (χ3v) is 5.05. The van der Waals surface area contributed by atoms with Crippen LogP contribution in [0.5, 0.6) is 0 Å². The van der Waals surface area contributed by atoms with Crippen molar-refractivity contribution in [3.8, 4) is 0 Å². The second-order valence-corrected chi connectivity index (χ2v) is 7.15. The fraction of sp³-hybridized carbons (Fsp3) is 0.391. The van der Waals surface area contributed by atoms with E-state index in [-0.39, 0.29) is 35.7 Å². The van der Waals surface area contributed by atoms with Crippen molar-refractivity contribution in [3.05, 3.63) is 71.0 Å². The summed E-state index contributed by atoms with van der Waals surface area (Å²) in [6.07, 6.45) is 2.18. The van der Waals surface area contributed by atoms with E-state index in [1.165, 1.54) is 6.07 Å². The minimum atomic E-state index is -0.179. The van der Waals surface area contributed by atoms with E-state index < -0.39 is 0 Å². The highest BCUT2D eigenvalue weighted by Crippen LogP contribution is 2.17. The number of hydrogen-bond acceptors (Lipinski definition) is 2. The van der Waals surface area contributed by atoms with Crippen LogP contribution in [0.3, 0.4) is 0 Å². The average molecular weight is 524 g/mol. The lowest BCUT2D eigenvalue weighted by Gasteiger charge is -2.18. The van der Waals surface area contributed by atoms with Crippen molar-refractivity contribution in [1.82, 2.24) is 15.5 Å². The number of aliphatic imine (C=N–C) groups is 1. The normalized spacial score (nSPS) is 13.9. The molecule has 1 saturated heterocycles. The molecule has 1 aliphatic rings. The van der Waals surface area contributed by atoms with Crippen LogP contribution >= 0.6 is 24.0 Å². The predicted molar refractivity (Wildman–Crippen MR) is 129 cm³/mol. The highest BCUT2D eigenvalue weighted by atomic mass is 127. The number of halogens is 2. The predicted octanol–water partition coefficient (Wildman–Crippen LogP) is 3.86. The molecule has 7 heteroatoms. The lowest BCUT2D eigenvalue weighted by Crippen LogP contribution is -2.38. The van der Waals surface area contributed by atoms with E-state index in [4.69, 9.17) is 0 Å². The molecule has 0 atom stereocenters. The average Bonchev–Trinajstić information content (AvgIpc) is 3.13.